The number of amides is 1. The maximum absolute atomic E-state index is 12.3. The third kappa shape index (κ3) is 7.58. The van der Waals surface area contributed by atoms with Crippen molar-refractivity contribution in [2.45, 2.75) is 32.1 Å². The first-order valence-corrected chi connectivity index (χ1v) is 11.1. The van der Waals surface area contributed by atoms with E-state index in [1.807, 2.05) is 27.8 Å². The first kappa shape index (κ1) is 23.0. The lowest BCUT2D eigenvalue weighted by atomic mass is 10.4. The Hall–Kier alpha value is -2.09. The van der Waals surface area contributed by atoms with E-state index >= 15 is 0 Å². The van der Waals surface area contributed by atoms with Crippen LogP contribution in [0.2, 0.25) is 0 Å². The average molecular weight is 397 g/mol. The summed E-state index contributed by atoms with van der Waals surface area (Å²) < 4.78 is 24.6. The van der Waals surface area contributed by atoms with Crippen molar-refractivity contribution in [1.82, 2.24) is 15.1 Å². The summed E-state index contributed by atoms with van der Waals surface area (Å²) in [5.74, 6) is 0.692. The second kappa shape index (κ2) is 11.6. The van der Waals surface area contributed by atoms with Crippen LogP contribution in [0.4, 0.5) is 0 Å². The Kier molecular flexibility index (Phi) is 9.85. The van der Waals surface area contributed by atoms with Crippen LogP contribution in [0.25, 0.3) is 0 Å². The van der Waals surface area contributed by atoms with Crippen LogP contribution in [0.15, 0.2) is 40.2 Å². The van der Waals surface area contributed by atoms with Gasteiger partial charge in [-0.1, -0.05) is 18.2 Å². The maximum Gasteiger partial charge on any atom is 0.242 e. The molecule has 0 aliphatic rings. The molecule has 0 heterocycles. The summed E-state index contributed by atoms with van der Waals surface area (Å²) in [6, 6.07) is 8.44. The Morgan fingerprint density at radius 2 is 1.74 bits per heavy atom. The zero-order valence-corrected chi connectivity index (χ0v) is 17.6. The largest absolute Gasteiger partial charge is 0.357 e. The molecule has 0 aliphatic heterocycles. The lowest BCUT2D eigenvalue weighted by molar-refractivity contribution is -0.131. The highest BCUT2D eigenvalue weighted by molar-refractivity contribution is 7.91. The number of nitrogens with one attached hydrogen (secondary N) is 1. The molecule has 27 heavy (non-hydrogen) atoms. The summed E-state index contributed by atoms with van der Waals surface area (Å²) in [6.45, 7) is 8.48. The molecule has 0 fully saturated rings. The summed E-state index contributed by atoms with van der Waals surface area (Å²) >= 11 is 0. The van der Waals surface area contributed by atoms with Gasteiger partial charge in [0.05, 0.1) is 17.2 Å². The van der Waals surface area contributed by atoms with Crippen molar-refractivity contribution in [2.24, 2.45) is 4.99 Å². The predicted octanol–water partition coefficient (Wildman–Crippen LogP) is 1.62. The fraction of sp³-hybridized carbons (Fsp3) is 0.579. The fourth-order valence-corrected chi connectivity index (χ4v) is 3.93. The molecule has 0 saturated carbocycles. The Morgan fingerprint density at radius 1 is 1.11 bits per heavy atom. The molecule has 0 unspecified atom stereocenters. The minimum absolute atomic E-state index is 0.0414. The fourth-order valence-electron chi connectivity index (χ4n) is 2.61. The van der Waals surface area contributed by atoms with Crippen LogP contribution in [-0.4, -0.2) is 75.6 Å². The highest BCUT2D eigenvalue weighted by Gasteiger charge is 2.16. The highest BCUT2D eigenvalue weighted by atomic mass is 32.2. The molecule has 152 valence electrons. The van der Waals surface area contributed by atoms with Gasteiger partial charge in [-0.25, -0.2) is 8.42 Å². The van der Waals surface area contributed by atoms with E-state index in [4.69, 9.17) is 0 Å². The molecular weight excluding hydrogens is 364 g/mol. The number of carbonyl (C=O) groups is 1. The van der Waals surface area contributed by atoms with E-state index in [1.54, 1.807) is 40.1 Å². The van der Waals surface area contributed by atoms with E-state index in [2.05, 4.69) is 10.3 Å². The minimum atomic E-state index is -3.29. The Bertz CT molecular complexity index is 701. The van der Waals surface area contributed by atoms with Crippen molar-refractivity contribution in [2.75, 3.05) is 45.5 Å². The minimum Gasteiger partial charge on any atom is -0.357 e. The Morgan fingerprint density at radius 3 is 2.30 bits per heavy atom. The van der Waals surface area contributed by atoms with Crippen LogP contribution in [-0.2, 0) is 14.6 Å². The topological polar surface area (TPSA) is 82.1 Å². The molecule has 1 aromatic carbocycles. The molecule has 0 atom stereocenters. The predicted molar refractivity (Wildman–Crippen MR) is 110 cm³/mol. The molecule has 8 heteroatoms. The number of likely N-dealkylation sites (N-methyl/N-ethyl adjacent to an activating group) is 2. The summed E-state index contributed by atoms with van der Waals surface area (Å²) in [6.07, 6.45) is 0.421. The lowest BCUT2D eigenvalue weighted by Crippen LogP contribution is -2.45. The van der Waals surface area contributed by atoms with E-state index in [-0.39, 0.29) is 18.2 Å². The van der Waals surface area contributed by atoms with E-state index in [1.165, 1.54) is 0 Å². The molecule has 1 N–H and O–H groups in total. The van der Waals surface area contributed by atoms with Gasteiger partial charge >= 0.3 is 0 Å². The Labute approximate surface area is 163 Å². The van der Waals surface area contributed by atoms with E-state index in [0.717, 1.165) is 0 Å². The van der Waals surface area contributed by atoms with Crippen LogP contribution in [0.5, 0.6) is 0 Å². The summed E-state index contributed by atoms with van der Waals surface area (Å²) in [4.78, 5) is 20.6. The van der Waals surface area contributed by atoms with Crippen LogP contribution in [0, 0.1) is 0 Å². The molecule has 0 radical (unpaired) electrons. The summed E-state index contributed by atoms with van der Waals surface area (Å²) in [5.41, 5.74) is 0. The number of rotatable bonds is 10. The molecule has 7 nitrogen and oxygen atoms in total. The number of aliphatic imine (C=N–C) groups is 1. The van der Waals surface area contributed by atoms with Gasteiger partial charge in [-0.05, 0) is 39.3 Å². The van der Waals surface area contributed by atoms with Crippen molar-refractivity contribution in [1.29, 1.82) is 0 Å². The molecule has 1 amide bonds. The molecule has 1 rings (SSSR count). The highest BCUT2D eigenvalue weighted by Crippen LogP contribution is 2.11. The molecule has 0 aliphatic carbocycles. The number of benzene rings is 1. The maximum atomic E-state index is 12.3. The van der Waals surface area contributed by atoms with Gasteiger partial charge in [0, 0.05) is 33.2 Å². The van der Waals surface area contributed by atoms with Crippen molar-refractivity contribution in [3.8, 4) is 0 Å². The molecule has 0 bridgehead atoms. The molecule has 1 aromatic rings. The summed E-state index contributed by atoms with van der Waals surface area (Å²) in [7, 11) is -1.48. The number of guanidine groups is 1. The standard InChI is InChI=1S/C19H32N4O3S/c1-5-20-19(22(4)16-18(24)23(6-2)7-3)21-14-11-15-27(25,26)17-12-9-8-10-13-17/h8-10,12-13H,5-7,11,14-16H2,1-4H3,(H,20,21). The van der Waals surface area contributed by atoms with Crippen molar-refractivity contribution < 1.29 is 13.2 Å². The first-order valence-electron chi connectivity index (χ1n) is 9.40. The van der Waals surface area contributed by atoms with Crippen molar-refractivity contribution >= 4 is 21.7 Å². The smallest absolute Gasteiger partial charge is 0.242 e. The van der Waals surface area contributed by atoms with E-state index in [0.29, 0.717) is 43.5 Å². The molecular formula is C19H32N4O3S. The van der Waals surface area contributed by atoms with Crippen molar-refractivity contribution in [3.05, 3.63) is 30.3 Å². The van der Waals surface area contributed by atoms with Gasteiger partial charge < -0.3 is 15.1 Å². The number of carbonyl (C=O) groups excluding carboxylic acids is 1. The van der Waals surface area contributed by atoms with Crippen LogP contribution in [0.3, 0.4) is 0 Å². The van der Waals surface area contributed by atoms with E-state index < -0.39 is 9.84 Å². The summed E-state index contributed by atoms with van der Waals surface area (Å²) in [5, 5.41) is 3.15. The van der Waals surface area contributed by atoms with Gasteiger partial charge in [-0.15, -0.1) is 0 Å². The average Bonchev–Trinajstić information content (AvgIpc) is 2.65. The first-order chi connectivity index (χ1) is 12.9. The monoisotopic (exact) mass is 396 g/mol. The van der Waals surface area contributed by atoms with Gasteiger partial charge in [-0.3, -0.25) is 9.79 Å². The molecule has 0 aromatic heterocycles. The van der Waals surface area contributed by atoms with Crippen molar-refractivity contribution in [3.63, 3.8) is 0 Å². The number of hydrogen-bond acceptors (Lipinski definition) is 4. The second-order valence-corrected chi connectivity index (χ2v) is 8.25. The second-order valence-electron chi connectivity index (χ2n) is 6.14. The van der Waals surface area contributed by atoms with Crippen LogP contribution < -0.4 is 5.32 Å². The van der Waals surface area contributed by atoms with Gasteiger partial charge in [0.15, 0.2) is 15.8 Å². The Balaban J connectivity index is 2.64. The normalized spacial score (nSPS) is 11.9. The number of nitrogens with zero attached hydrogens (tertiary/aromatic N) is 3. The molecule has 0 saturated heterocycles. The number of sulfone groups is 1. The number of hydrogen-bond donors (Lipinski definition) is 1. The van der Waals surface area contributed by atoms with Gasteiger partial charge in [0.2, 0.25) is 5.91 Å². The lowest BCUT2D eigenvalue weighted by Gasteiger charge is -2.25. The molecule has 0 spiro atoms. The van der Waals surface area contributed by atoms with Gasteiger partial charge in [0.1, 0.15) is 0 Å². The third-order valence-corrected chi connectivity index (χ3v) is 5.94. The van der Waals surface area contributed by atoms with Crippen LogP contribution in [0.1, 0.15) is 27.2 Å². The SMILES string of the molecule is CCNC(=NCCCS(=O)(=O)c1ccccc1)N(C)CC(=O)N(CC)CC. The zero-order valence-electron chi connectivity index (χ0n) is 16.8. The van der Waals surface area contributed by atoms with Gasteiger partial charge in [-0.2, -0.15) is 0 Å². The third-order valence-electron chi connectivity index (χ3n) is 4.12. The van der Waals surface area contributed by atoms with Gasteiger partial charge in [0.25, 0.3) is 0 Å². The van der Waals surface area contributed by atoms with E-state index in [9.17, 15) is 13.2 Å². The van der Waals surface area contributed by atoms with Crippen LogP contribution >= 0.6 is 0 Å². The zero-order chi connectivity index (χ0) is 20.3. The quantitative estimate of drug-likeness (QED) is 0.369.